The van der Waals surface area contributed by atoms with E-state index in [1.807, 2.05) is 7.05 Å². The minimum atomic E-state index is 0.774. The van der Waals surface area contributed by atoms with Gasteiger partial charge in [-0.15, -0.1) is 0 Å². The van der Waals surface area contributed by atoms with Gasteiger partial charge in [0.05, 0.1) is 14.2 Å². The summed E-state index contributed by atoms with van der Waals surface area (Å²) in [6, 6.07) is 12.6. The molecule has 4 rings (SSSR count). The predicted octanol–water partition coefficient (Wildman–Crippen LogP) is 3.36. The first-order chi connectivity index (χ1) is 14.2. The van der Waals surface area contributed by atoms with Gasteiger partial charge in [0.2, 0.25) is 0 Å². The van der Waals surface area contributed by atoms with E-state index in [-0.39, 0.29) is 0 Å². The van der Waals surface area contributed by atoms with Gasteiger partial charge < -0.3 is 24.7 Å². The molecule has 0 spiro atoms. The second-order valence-corrected chi connectivity index (χ2v) is 7.23. The Kier molecular flexibility index (Phi) is 5.60. The second kappa shape index (κ2) is 8.47. The van der Waals surface area contributed by atoms with Crippen molar-refractivity contribution >= 4 is 16.9 Å². The van der Waals surface area contributed by atoms with Gasteiger partial charge in [-0.1, -0.05) is 18.2 Å². The standard InChI is InChI=1S/C23H28N4O2/c1-24-23(25-10-8-17-14-26-20-7-5-4-6-19(17)20)27-11-9-16-12-21(28-2)22(29-3)13-18(16)15-27/h4-7,12-14,26H,8-11,15H2,1-3H3,(H,24,25). The zero-order valence-corrected chi connectivity index (χ0v) is 17.3. The quantitative estimate of drug-likeness (QED) is 0.516. The summed E-state index contributed by atoms with van der Waals surface area (Å²) in [7, 11) is 5.20. The zero-order chi connectivity index (χ0) is 20.2. The summed E-state index contributed by atoms with van der Waals surface area (Å²) in [6.45, 7) is 2.57. The summed E-state index contributed by atoms with van der Waals surface area (Å²) in [6.07, 6.45) is 4.00. The molecule has 0 saturated carbocycles. The first kappa shape index (κ1) is 19.2. The van der Waals surface area contributed by atoms with E-state index >= 15 is 0 Å². The van der Waals surface area contributed by atoms with Gasteiger partial charge in [0.25, 0.3) is 0 Å². The molecule has 0 aliphatic carbocycles. The number of nitrogens with zero attached hydrogens (tertiary/aromatic N) is 2. The number of H-pyrrole nitrogens is 1. The summed E-state index contributed by atoms with van der Waals surface area (Å²) < 4.78 is 10.9. The van der Waals surface area contributed by atoms with Gasteiger partial charge in [-0.3, -0.25) is 4.99 Å². The molecule has 1 aliphatic heterocycles. The number of guanidine groups is 1. The highest BCUT2D eigenvalue weighted by Gasteiger charge is 2.21. The number of hydrogen-bond acceptors (Lipinski definition) is 3. The fraction of sp³-hybridized carbons (Fsp3) is 0.348. The Morgan fingerprint density at radius 3 is 2.66 bits per heavy atom. The smallest absolute Gasteiger partial charge is 0.193 e. The van der Waals surface area contributed by atoms with Crippen molar-refractivity contribution in [3.05, 3.63) is 59.3 Å². The van der Waals surface area contributed by atoms with Gasteiger partial charge in [-0.05, 0) is 47.7 Å². The van der Waals surface area contributed by atoms with Gasteiger partial charge >= 0.3 is 0 Å². The first-order valence-corrected chi connectivity index (χ1v) is 9.98. The number of aromatic nitrogens is 1. The number of para-hydroxylation sites is 1. The third-order valence-corrected chi connectivity index (χ3v) is 5.58. The number of rotatable bonds is 5. The van der Waals surface area contributed by atoms with E-state index in [2.05, 4.69) is 62.8 Å². The summed E-state index contributed by atoms with van der Waals surface area (Å²) in [4.78, 5) is 10.1. The Balaban J connectivity index is 1.41. The highest BCUT2D eigenvalue weighted by atomic mass is 16.5. The van der Waals surface area contributed by atoms with Gasteiger partial charge in [0.15, 0.2) is 17.5 Å². The van der Waals surface area contributed by atoms with Crippen molar-refractivity contribution in [2.75, 3.05) is 34.4 Å². The molecule has 0 fully saturated rings. The van der Waals surface area contributed by atoms with E-state index in [4.69, 9.17) is 9.47 Å². The van der Waals surface area contributed by atoms with Crippen LogP contribution in [0, 0.1) is 0 Å². The molecule has 0 unspecified atom stereocenters. The van der Waals surface area contributed by atoms with Crippen molar-refractivity contribution < 1.29 is 9.47 Å². The molecule has 0 bridgehead atoms. The van der Waals surface area contributed by atoms with Crippen LogP contribution in [-0.4, -0.2) is 50.2 Å². The molecule has 3 aromatic rings. The Labute approximate surface area is 171 Å². The monoisotopic (exact) mass is 392 g/mol. The molecule has 1 aliphatic rings. The van der Waals surface area contributed by atoms with Crippen molar-refractivity contribution in [3.63, 3.8) is 0 Å². The maximum absolute atomic E-state index is 5.47. The lowest BCUT2D eigenvalue weighted by atomic mass is 9.99. The minimum absolute atomic E-state index is 0.774. The van der Waals surface area contributed by atoms with Crippen molar-refractivity contribution in [2.24, 2.45) is 4.99 Å². The van der Waals surface area contributed by atoms with Gasteiger partial charge in [0, 0.05) is 43.8 Å². The van der Waals surface area contributed by atoms with Crippen molar-refractivity contribution in [2.45, 2.75) is 19.4 Å². The van der Waals surface area contributed by atoms with Crippen LogP contribution in [0.1, 0.15) is 16.7 Å². The third-order valence-electron chi connectivity index (χ3n) is 5.58. The van der Waals surface area contributed by atoms with Crippen molar-refractivity contribution in [1.82, 2.24) is 15.2 Å². The summed E-state index contributed by atoms with van der Waals surface area (Å²) in [5.41, 5.74) is 5.08. The van der Waals surface area contributed by atoms with Gasteiger partial charge in [-0.25, -0.2) is 0 Å². The van der Waals surface area contributed by atoms with E-state index in [0.717, 1.165) is 49.9 Å². The molecule has 29 heavy (non-hydrogen) atoms. The highest BCUT2D eigenvalue weighted by molar-refractivity contribution is 5.83. The van der Waals surface area contributed by atoms with Crippen LogP contribution in [0.2, 0.25) is 0 Å². The molecule has 152 valence electrons. The van der Waals surface area contributed by atoms with Crippen LogP contribution in [0.25, 0.3) is 10.9 Å². The van der Waals surface area contributed by atoms with E-state index < -0.39 is 0 Å². The third kappa shape index (κ3) is 3.88. The molecule has 6 nitrogen and oxygen atoms in total. The van der Waals surface area contributed by atoms with Crippen molar-refractivity contribution in [3.8, 4) is 11.5 Å². The Hall–Kier alpha value is -3.15. The highest BCUT2D eigenvalue weighted by Crippen LogP contribution is 2.33. The molecule has 0 amide bonds. The van der Waals surface area contributed by atoms with Crippen LogP contribution >= 0.6 is 0 Å². The minimum Gasteiger partial charge on any atom is -0.493 e. The Morgan fingerprint density at radius 1 is 1.14 bits per heavy atom. The van der Waals surface area contributed by atoms with E-state index in [0.29, 0.717) is 0 Å². The summed E-state index contributed by atoms with van der Waals surface area (Å²) in [5, 5.41) is 4.82. The maximum Gasteiger partial charge on any atom is 0.193 e. The molecule has 0 atom stereocenters. The number of aliphatic imine (C=N–C) groups is 1. The van der Waals surface area contributed by atoms with Gasteiger partial charge in [0.1, 0.15) is 0 Å². The molecule has 6 heteroatoms. The van der Waals surface area contributed by atoms with Crippen LogP contribution < -0.4 is 14.8 Å². The molecular formula is C23H28N4O2. The Morgan fingerprint density at radius 2 is 1.90 bits per heavy atom. The predicted molar refractivity (Wildman–Crippen MR) is 117 cm³/mol. The fourth-order valence-electron chi connectivity index (χ4n) is 4.04. The number of hydrogen-bond donors (Lipinski definition) is 2. The topological polar surface area (TPSA) is 61.9 Å². The summed E-state index contributed by atoms with van der Waals surface area (Å²) in [5.74, 6) is 2.50. The van der Waals surface area contributed by atoms with Gasteiger partial charge in [-0.2, -0.15) is 0 Å². The fourth-order valence-corrected chi connectivity index (χ4v) is 4.04. The second-order valence-electron chi connectivity index (χ2n) is 7.23. The molecule has 0 saturated heterocycles. The Bertz CT molecular complexity index is 1020. The molecule has 2 N–H and O–H groups in total. The van der Waals surface area contributed by atoms with Crippen LogP contribution in [0.3, 0.4) is 0 Å². The van der Waals surface area contributed by atoms with Crippen LogP contribution in [0.5, 0.6) is 11.5 Å². The van der Waals surface area contributed by atoms with E-state index in [1.165, 1.54) is 27.6 Å². The number of benzene rings is 2. The van der Waals surface area contributed by atoms with E-state index in [1.54, 1.807) is 14.2 Å². The lowest BCUT2D eigenvalue weighted by Gasteiger charge is -2.32. The first-order valence-electron chi connectivity index (χ1n) is 9.98. The van der Waals surface area contributed by atoms with E-state index in [9.17, 15) is 0 Å². The number of methoxy groups -OCH3 is 2. The number of nitrogens with one attached hydrogen (secondary N) is 2. The molecule has 2 aromatic carbocycles. The number of aromatic amines is 1. The SMILES string of the molecule is CN=C(NCCc1c[nH]c2ccccc12)N1CCc2cc(OC)c(OC)cc2C1. The van der Waals surface area contributed by atoms with Crippen molar-refractivity contribution in [1.29, 1.82) is 0 Å². The number of ether oxygens (including phenoxy) is 2. The molecular weight excluding hydrogens is 364 g/mol. The lowest BCUT2D eigenvalue weighted by molar-refractivity contribution is 0.346. The van der Waals surface area contributed by atoms with Crippen LogP contribution in [0.15, 0.2) is 47.6 Å². The normalized spacial score (nSPS) is 14.0. The molecule has 1 aromatic heterocycles. The van der Waals surface area contributed by atoms with Crippen LogP contribution in [0.4, 0.5) is 0 Å². The average Bonchev–Trinajstić information content (AvgIpc) is 3.18. The summed E-state index contributed by atoms with van der Waals surface area (Å²) >= 11 is 0. The lowest BCUT2D eigenvalue weighted by Crippen LogP contribution is -2.44. The average molecular weight is 393 g/mol. The largest absolute Gasteiger partial charge is 0.493 e. The molecule has 0 radical (unpaired) electrons. The van der Waals surface area contributed by atoms with Crippen LogP contribution in [-0.2, 0) is 19.4 Å². The number of fused-ring (bicyclic) bond motifs is 2. The zero-order valence-electron chi connectivity index (χ0n) is 17.3. The maximum atomic E-state index is 5.47. The molecule has 2 heterocycles.